The molecule has 1 amide bonds. The first-order valence-corrected chi connectivity index (χ1v) is 8.16. The molecule has 1 aliphatic heterocycles. The van der Waals surface area contributed by atoms with Gasteiger partial charge >= 0.3 is 5.97 Å². The van der Waals surface area contributed by atoms with E-state index >= 15 is 0 Å². The summed E-state index contributed by atoms with van der Waals surface area (Å²) in [4.78, 5) is 32.6. The van der Waals surface area contributed by atoms with E-state index in [4.69, 9.17) is 9.84 Å². The number of piperidine rings is 1. The van der Waals surface area contributed by atoms with Crippen molar-refractivity contribution in [3.63, 3.8) is 0 Å². The Morgan fingerprint density at radius 1 is 1.08 bits per heavy atom. The van der Waals surface area contributed by atoms with E-state index in [9.17, 15) is 9.59 Å². The molecule has 0 radical (unpaired) electrons. The van der Waals surface area contributed by atoms with Crippen LogP contribution in [0.25, 0.3) is 0 Å². The van der Waals surface area contributed by atoms with E-state index in [0.29, 0.717) is 25.6 Å². The van der Waals surface area contributed by atoms with Crippen molar-refractivity contribution in [2.75, 3.05) is 19.7 Å². The fourth-order valence-electron chi connectivity index (χ4n) is 2.74. The van der Waals surface area contributed by atoms with Crippen molar-refractivity contribution >= 4 is 11.9 Å². The molecule has 7 nitrogen and oxygen atoms in total. The zero-order valence-electron chi connectivity index (χ0n) is 13.7. The van der Waals surface area contributed by atoms with E-state index in [1.54, 1.807) is 4.90 Å². The molecule has 0 saturated carbocycles. The standard InChI is InChI=1S/C18H19N3O4/c22-17(15-10-20-16(11-19-15)18(23)24)21-8-6-13(7-9-21)12-25-14-4-2-1-3-5-14/h1-5,10-11,13H,6-9,12H2,(H,23,24). The number of para-hydroxylation sites is 1. The summed E-state index contributed by atoms with van der Waals surface area (Å²) in [6.45, 7) is 1.90. The molecule has 1 aromatic carbocycles. The number of carbonyl (C=O) groups is 2. The summed E-state index contributed by atoms with van der Waals surface area (Å²) in [6, 6.07) is 9.68. The molecule has 2 heterocycles. The fourth-order valence-corrected chi connectivity index (χ4v) is 2.74. The van der Waals surface area contributed by atoms with Gasteiger partial charge in [-0.05, 0) is 30.9 Å². The second-order valence-corrected chi connectivity index (χ2v) is 5.95. The Labute approximate surface area is 145 Å². The molecule has 0 unspecified atom stereocenters. The highest BCUT2D eigenvalue weighted by molar-refractivity contribution is 5.92. The molecule has 1 saturated heterocycles. The predicted octanol–water partition coefficient (Wildman–Crippen LogP) is 2.11. The van der Waals surface area contributed by atoms with Crippen LogP contribution >= 0.6 is 0 Å². The number of carboxylic acids is 1. The Bertz CT molecular complexity index is 726. The lowest BCUT2D eigenvalue weighted by molar-refractivity contribution is 0.0648. The summed E-state index contributed by atoms with van der Waals surface area (Å²) in [5.74, 6) is -0.114. The van der Waals surface area contributed by atoms with Crippen LogP contribution in [0.3, 0.4) is 0 Å². The van der Waals surface area contributed by atoms with Gasteiger partial charge in [0.1, 0.15) is 11.4 Å². The second-order valence-electron chi connectivity index (χ2n) is 5.95. The molecule has 25 heavy (non-hydrogen) atoms. The van der Waals surface area contributed by atoms with Crippen LogP contribution in [0, 0.1) is 5.92 Å². The largest absolute Gasteiger partial charge is 0.493 e. The van der Waals surface area contributed by atoms with Crippen LogP contribution in [0.15, 0.2) is 42.7 Å². The minimum atomic E-state index is -1.16. The molecule has 1 aliphatic rings. The van der Waals surface area contributed by atoms with Crippen molar-refractivity contribution in [1.82, 2.24) is 14.9 Å². The number of rotatable bonds is 5. The van der Waals surface area contributed by atoms with Crippen molar-refractivity contribution < 1.29 is 19.4 Å². The summed E-state index contributed by atoms with van der Waals surface area (Å²) in [5, 5.41) is 8.82. The van der Waals surface area contributed by atoms with Gasteiger partial charge in [-0.15, -0.1) is 0 Å². The van der Waals surface area contributed by atoms with Crippen molar-refractivity contribution in [2.24, 2.45) is 5.92 Å². The highest BCUT2D eigenvalue weighted by Crippen LogP contribution is 2.20. The van der Waals surface area contributed by atoms with Gasteiger partial charge in [0.25, 0.3) is 5.91 Å². The van der Waals surface area contributed by atoms with Gasteiger partial charge in [0.15, 0.2) is 5.69 Å². The van der Waals surface area contributed by atoms with Crippen LogP contribution in [-0.2, 0) is 0 Å². The molecule has 1 N–H and O–H groups in total. The van der Waals surface area contributed by atoms with Crippen LogP contribution in [0.4, 0.5) is 0 Å². The van der Waals surface area contributed by atoms with Crippen molar-refractivity contribution in [1.29, 1.82) is 0 Å². The lowest BCUT2D eigenvalue weighted by atomic mass is 9.97. The van der Waals surface area contributed by atoms with Gasteiger partial charge < -0.3 is 14.7 Å². The van der Waals surface area contributed by atoms with E-state index < -0.39 is 5.97 Å². The van der Waals surface area contributed by atoms with Gasteiger partial charge in [-0.2, -0.15) is 0 Å². The van der Waals surface area contributed by atoms with Crippen molar-refractivity contribution in [3.8, 4) is 5.75 Å². The monoisotopic (exact) mass is 341 g/mol. The van der Waals surface area contributed by atoms with Gasteiger partial charge in [-0.3, -0.25) is 4.79 Å². The summed E-state index contributed by atoms with van der Waals surface area (Å²) >= 11 is 0. The van der Waals surface area contributed by atoms with Gasteiger partial charge in [0, 0.05) is 13.1 Å². The van der Waals surface area contributed by atoms with Gasteiger partial charge in [0.2, 0.25) is 0 Å². The van der Waals surface area contributed by atoms with Crippen LogP contribution < -0.4 is 4.74 Å². The van der Waals surface area contributed by atoms with Crippen LogP contribution in [0.2, 0.25) is 0 Å². The molecule has 0 aliphatic carbocycles. The third-order valence-electron chi connectivity index (χ3n) is 4.22. The Hall–Kier alpha value is -2.96. The van der Waals surface area contributed by atoms with Crippen molar-refractivity contribution in [2.45, 2.75) is 12.8 Å². The number of hydrogen-bond acceptors (Lipinski definition) is 5. The summed E-state index contributed by atoms with van der Waals surface area (Å²) < 4.78 is 5.78. The first-order chi connectivity index (χ1) is 12.1. The molecule has 2 aromatic rings. The highest BCUT2D eigenvalue weighted by atomic mass is 16.5. The maximum absolute atomic E-state index is 12.4. The fraction of sp³-hybridized carbons (Fsp3) is 0.333. The molecular formula is C18H19N3O4. The van der Waals surface area contributed by atoms with E-state index in [0.717, 1.165) is 24.8 Å². The van der Waals surface area contributed by atoms with E-state index in [1.807, 2.05) is 30.3 Å². The number of ether oxygens (including phenoxy) is 1. The lowest BCUT2D eigenvalue weighted by Crippen LogP contribution is -2.40. The van der Waals surface area contributed by atoms with Crippen LogP contribution in [-0.4, -0.2) is 51.5 Å². The maximum Gasteiger partial charge on any atom is 0.356 e. The number of benzene rings is 1. The summed E-state index contributed by atoms with van der Waals surface area (Å²) in [6.07, 6.45) is 4.05. The molecule has 3 rings (SSSR count). The SMILES string of the molecule is O=C(O)c1cnc(C(=O)N2CCC(COc3ccccc3)CC2)cn1. The second kappa shape index (κ2) is 7.74. The van der Waals surface area contributed by atoms with Gasteiger partial charge in [-0.25, -0.2) is 14.8 Å². The Kier molecular flexibility index (Phi) is 5.23. The Balaban J connectivity index is 1.49. The number of nitrogens with zero attached hydrogens (tertiary/aromatic N) is 3. The zero-order chi connectivity index (χ0) is 17.6. The summed E-state index contributed by atoms with van der Waals surface area (Å²) in [5.41, 5.74) is -0.00250. The Morgan fingerprint density at radius 2 is 1.72 bits per heavy atom. The predicted molar refractivity (Wildman–Crippen MR) is 89.6 cm³/mol. The molecule has 1 fully saturated rings. The first-order valence-electron chi connectivity index (χ1n) is 8.16. The normalized spacial score (nSPS) is 15.0. The third-order valence-corrected chi connectivity index (χ3v) is 4.22. The minimum Gasteiger partial charge on any atom is -0.493 e. The number of aromatic carboxylic acids is 1. The molecular weight excluding hydrogens is 322 g/mol. The molecule has 130 valence electrons. The van der Waals surface area contributed by atoms with Crippen LogP contribution in [0.5, 0.6) is 5.75 Å². The minimum absolute atomic E-state index is 0.170. The van der Waals surface area contributed by atoms with Gasteiger partial charge in [0.05, 0.1) is 19.0 Å². The average Bonchev–Trinajstić information content (AvgIpc) is 2.67. The smallest absolute Gasteiger partial charge is 0.356 e. The van der Waals surface area contributed by atoms with E-state index in [2.05, 4.69) is 9.97 Å². The maximum atomic E-state index is 12.4. The number of likely N-dealkylation sites (tertiary alicyclic amines) is 1. The van der Waals surface area contributed by atoms with Crippen molar-refractivity contribution in [3.05, 3.63) is 54.1 Å². The highest BCUT2D eigenvalue weighted by Gasteiger charge is 2.25. The van der Waals surface area contributed by atoms with E-state index in [1.165, 1.54) is 6.20 Å². The number of amides is 1. The van der Waals surface area contributed by atoms with Gasteiger partial charge in [-0.1, -0.05) is 18.2 Å². The number of carboxylic acid groups (broad SMARTS) is 1. The number of aromatic nitrogens is 2. The molecule has 0 bridgehead atoms. The molecule has 0 atom stereocenters. The zero-order valence-corrected chi connectivity index (χ0v) is 13.7. The molecule has 7 heteroatoms. The molecule has 1 aromatic heterocycles. The average molecular weight is 341 g/mol. The first kappa shape index (κ1) is 16.9. The van der Waals surface area contributed by atoms with E-state index in [-0.39, 0.29) is 17.3 Å². The number of hydrogen-bond donors (Lipinski definition) is 1. The Morgan fingerprint density at radius 3 is 2.32 bits per heavy atom. The summed E-state index contributed by atoms with van der Waals surface area (Å²) in [7, 11) is 0. The molecule has 0 spiro atoms. The topological polar surface area (TPSA) is 92.6 Å². The third kappa shape index (κ3) is 4.32. The van der Waals surface area contributed by atoms with Crippen LogP contribution in [0.1, 0.15) is 33.8 Å². The quantitative estimate of drug-likeness (QED) is 0.895. The number of carbonyl (C=O) groups excluding carboxylic acids is 1. The lowest BCUT2D eigenvalue weighted by Gasteiger charge is -2.31.